The highest BCUT2D eigenvalue weighted by Gasteiger charge is 2.24. The van der Waals surface area contributed by atoms with E-state index in [4.69, 9.17) is 5.11 Å². The number of benzene rings is 1. The molecule has 1 heterocycles. The second kappa shape index (κ2) is 2.88. The maximum absolute atomic E-state index is 11.2. The molecule has 0 unspecified atom stereocenters. The molecule has 13 heavy (non-hydrogen) atoms. The van der Waals surface area contributed by atoms with Crippen molar-refractivity contribution in [3.8, 4) is 0 Å². The SMILES string of the molecule is O=C(O)c1cccc2c1SCC2=O. The number of aromatic carboxylic acids is 1. The molecule has 1 aromatic rings. The molecule has 2 rings (SSSR count). The van der Waals surface area contributed by atoms with Crippen molar-refractivity contribution in [2.24, 2.45) is 0 Å². The molecular weight excluding hydrogens is 188 g/mol. The normalized spacial score (nSPS) is 14.3. The number of carboxylic acid groups (broad SMARTS) is 1. The lowest BCUT2D eigenvalue weighted by molar-refractivity contribution is 0.0693. The lowest BCUT2D eigenvalue weighted by Crippen LogP contribution is -2.00. The van der Waals surface area contributed by atoms with Gasteiger partial charge >= 0.3 is 5.97 Å². The lowest BCUT2D eigenvalue weighted by atomic mass is 10.1. The van der Waals surface area contributed by atoms with Crippen molar-refractivity contribution < 1.29 is 14.7 Å². The summed E-state index contributed by atoms with van der Waals surface area (Å²) in [5.74, 6) is -0.596. The fourth-order valence-electron chi connectivity index (χ4n) is 1.30. The first-order chi connectivity index (χ1) is 6.20. The van der Waals surface area contributed by atoms with Gasteiger partial charge in [-0.2, -0.15) is 0 Å². The minimum absolute atomic E-state index is 0.0168. The fraction of sp³-hybridized carbons (Fsp3) is 0.111. The number of carbonyl (C=O) groups excluding carboxylic acids is 1. The Balaban J connectivity index is 2.63. The van der Waals surface area contributed by atoms with Gasteiger partial charge in [0.25, 0.3) is 0 Å². The van der Waals surface area contributed by atoms with E-state index in [9.17, 15) is 9.59 Å². The van der Waals surface area contributed by atoms with Gasteiger partial charge in [-0.3, -0.25) is 4.79 Å². The highest BCUT2D eigenvalue weighted by molar-refractivity contribution is 8.00. The van der Waals surface area contributed by atoms with Crippen LogP contribution >= 0.6 is 11.8 Å². The summed E-state index contributed by atoms with van der Waals surface area (Å²) in [6.07, 6.45) is 0. The molecule has 0 fully saturated rings. The molecule has 1 aliphatic rings. The van der Waals surface area contributed by atoms with Crippen LogP contribution in [0, 0.1) is 0 Å². The Kier molecular flexibility index (Phi) is 1.84. The zero-order valence-corrected chi connectivity index (χ0v) is 7.43. The third-order valence-corrected chi connectivity index (χ3v) is 3.03. The highest BCUT2D eigenvalue weighted by Crippen LogP contribution is 2.33. The van der Waals surface area contributed by atoms with Crippen LogP contribution in [-0.2, 0) is 0 Å². The number of fused-ring (bicyclic) bond motifs is 1. The van der Waals surface area contributed by atoms with Gasteiger partial charge in [-0.15, -0.1) is 11.8 Å². The van der Waals surface area contributed by atoms with Gasteiger partial charge in [0.2, 0.25) is 0 Å². The molecule has 0 saturated heterocycles. The summed E-state index contributed by atoms with van der Waals surface area (Å²) in [6.45, 7) is 0. The zero-order chi connectivity index (χ0) is 9.42. The number of carboxylic acids is 1. The molecular formula is C9H6O3S. The Bertz CT molecular complexity index is 398. The molecule has 4 heteroatoms. The van der Waals surface area contributed by atoms with Gasteiger partial charge in [-0.1, -0.05) is 12.1 Å². The van der Waals surface area contributed by atoms with E-state index in [1.807, 2.05) is 0 Å². The molecule has 0 aliphatic carbocycles. The minimum Gasteiger partial charge on any atom is -0.478 e. The first-order valence-electron chi connectivity index (χ1n) is 3.72. The first kappa shape index (κ1) is 8.31. The Morgan fingerprint density at radius 2 is 2.23 bits per heavy atom. The van der Waals surface area contributed by atoms with E-state index < -0.39 is 5.97 Å². The van der Waals surface area contributed by atoms with E-state index in [-0.39, 0.29) is 11.3 Å². The van der Waals surface area contributed by atoms with Crippen LogP contribution in [0.4, 0.5) is 0 Å². The van der Waals surface area contributed by atoms with Crippen LogP contribution < -0.4 is 0 Å². The van der Waals surface area contributed by atoms with E-state index in [2.05, 4.69) is 0 Å². The maximum atomic E-state index is 11.2. The summed E-state index contributed by atoms with van der Waals surface area (Å²) >= 11 is 1.30. The third kappa shape index (κ3) is 1.23. The number of ketones is 1. The number of thioether (sulfide) groups is 1. The van der Waals surface area contributed by atoms with Crippen LogP contribution in [0.1, 0.15) is 20.7 Å². The van der Waals surface area contributed by atoms with Gasteiger partial charge in [0.1, 0.15) is 0 Å². The van der Waals surface area contributed by atoms with E-state index in [0.29, 0.717) is 16.2 Å². The topological polar surface area (TPSA) is 54.4 Å². The Morgan fingerprint density at radius 1 is 1.46 bits per heavy atom. The van der Waals surface area contributed by atoms with Crippen molar-refractivity contribution >= 4 is 23.5 Å². The van der Waals surface area contributed by atoms with Crippen LogP contribution in [0.3, 0.4) is 0 Å². The second-order valence-electron chi connectivity index (χ2n) is 2.70. The van der Waals surface area contributed by atoms with Gasteiger partial charge in [-0.05, 0) is 6.07 Å². The average molecular weight is 194 g/mol. The largest absolute Gasteiger partial charge is 0.478 e. The molecule has 1 aromatic carbocycles. The smallest absolute Gasteiger partial charge is 0.336 e. The quantitative estimate of drug-likeness (QED) is 0.738. The van der Waals surface area contributed by atoms with E-state index in [1.165, 1.54) is 17.8 Å². The monoisotopic (exact) mass is 194 g/mol. The summed E-state index contributed by atoms with van der Waals surface area (Å²) < 4.78 is 0. The molecule has 0 aromatic heterocycles. The number of hydrogen-bond acceptors (Lipinski definition) is 3. The Hall–Kier alpha value is -1.29. The van der Waals surface area contributed by atoms with Crippen molar-refractivity contribution in [2.45, 2.75) is 4.90 Å². The molecule has 0 amide bonds. The van der Waals surface area contributed by atoms with Crippen LogP contribution in [0.15, 0.2) is 23.1 Å². The van der Waals surface area contributed by atoms with Crippen molar-refractivity contribution in [3.63, 3.8) is 0 Å². The predicted octanol–water partition coefficient (Wildman–Crippen LogP) is 1.67. The Labute approximate surface area is 78.8 Å². The van der Waals surface area contributed by atoms with E-state index in [0.717, 1.165) is 0 Å². The number of rotatable bonds is 1. The molecule has 1 aliphatic heterocycles. The molecule has 0 radical (unpaired) electrons. The molecule has 0 bridgehead atoms. The summed E-state index contributed by atoms with van der Waals surface area (Å²) in [5, 5.41) is 8.81. The molecule has 3 nitrogen and oxygen atoms in total. The van der Waals surface area contributed by atoms with Crippen LogP contribution in [0.5, 0.6) is 0 Å². The van der Waals surface area contributed by atoms with Gasteiger partial charge in [-0.25, -0.2) is 4.79 Å². The minimum atomic E-state index is -0.973. The van der Waals surface area contributed by atoms with Crippen LogP contribution in [0.2, 0.25) is 0 Å². The lowest BCUT2D eigenvalue weighted by Gasteiger charge is -2.00. The van der Waals surface area contributed by atoms with Crippen molar-refractivity contribution in [2.75, 3.05) is 5.75 Å². The third-order valence-electron chi connectivity index (χ3n) is 1.89. The summed E-state index contributed by atoms with van der Waals surface area (Å²) in [7, 11) is 0. The summed E-state index contributed by atoms with van der Waals surface area (Å²) in [5.41, 5.74) is 0.776. The highest BCUT2D eigenvalue weighted by atomic mass is 32.2. The first-order valence-corrected chi connectivity index (χ1v) is 4.71. The number of carbonyl (C=O) groups is 2. The number of Topliss-reactive ketones (excluding diaryl/α,β-unsaturated/α-hetero) is 1. The summed E-state index contributed by atoms with van der Waals surface area (Å²) in [4.78, 5) is 22.6. The molecule has 0 atom stereocenters. The standard InChI is InChI=1S/C9H6O3S/c10-7-4-13-8-5(7)2-1-3-6(8)9(11)12/h1-3H,4H2,(H,11,12). The van der Waals surface area contributed by atoms with Crippen molar-refractivity contribution in [3.05, 3.63) is 29.3 Å². The van der Waals surface area contributed by atoms with Gasteiger partial charge < -0.3 is 5.11 Å². The summed E-state index contributed by atoms with van der Waals surface area (Å²) in [6, 6.07) is 4.79. The van der Waals surface area contributed by atoms with Gasteiger partial charge in [0.15, 0.2) is 5.78 Å². The average Bonchev–Trinajstić information content (AvgIpc) is 2.48. The molecule has 0 spiro atoms. The van der Waals surface area contributed by atoms with E-state index >= 15 is 0 Å². The van der Waals surface area contributed by atoms with E-state index in [1.54, 1.807) is 12.1 Å². The van der Waals surface area contributed by atoms with Crippen LogP contribution in [-0.4, -0.2) is 22.6 Å². The predicted molar refractivity (Wildman–Crippen MR) is 48.5 cm³/mol. The molecule has 0 saturated carbocycles. The van der Waals surface area contributed by atoms with Crippen molar-refractivity contribution in [1.82, 2.24) is 0 Å². The zero-order valence-electron chi connectivity index (χ0n) is 6.61. The second-order valence-corrected chi connectivity index (χ2v) is 3.68. The van der Waals surface area contributed by atoms with Crippen LogP contribution in [0.25, 0.3) is 0 Å². The fourth-order valence-corrected chi connectivity index (χ4v) is 2.38. The number of hydrogen-bond donors (Lipinski definition) is 1. The maximum Gasteiger partial charge on any atom is 0.336 e. The Morgan fingerprint density at radius 3 is 2.92 bits per heavy atom. The molecule has 1 N–H and O–H groups in total. The van der Waals surface area contributed by atoms with Crippen molar-refractivity contribution in [1.29, 1.82) is 0 Å². The van der Waals surface area contributed by atoms with Gasteiger partial charge in [0.05, 0.1) is 11.3 Å². The van der Waals surface area contributed by atoms with Gasteiger partial charge in [0, 0.05) is 10.5 Å². The molecule has 66 valence electrons.